The van der Waals surface area contributed by atoms with Crippen LogP contribution in [0.5, 0.6) is 11.5 Å². The molecule has 4 rings (SSSR count). The summed E-state index contributed by atoms with van der Waals surface area (Å²) in [6.45, 7) is 0. The highest BCUT2D eigenvalue weighted by Crippen LogP contribution is 2.51. The number of ether oxygens (including phenoxy) is 1. The Morgan fingerprint density at radius 3 is 2.41 bits per heavy atom. The molecule has 3 nitrogen and oxygen atoms in total. The van der Waals surface area contributed by atoms with Gasteiger partial charge in [0.2, 0.25) is 5.91 Å². The number of likely N-dealkylation sites (N-methyl/N-ethyl adjacent to an activating group) is 1. The van der Waals surface area contributed by atoms with E-state index in [0.29, 0.717) is 12.1 Å². The molecule has 0 radical (unpaired) electrons. The van der Waals surface area contributed by atoms with Crippen molar-refractivity contribution in [3.05, 3.63) is 52.3 Å². The fourth-order valence-electron chi connectivity index (χ4n) is 4.38. The van der Waals surface area contributed by atoms with Gasteiger partial charge in [0.15, 0.2) is 11.6 Å². The third kappa shape index (κ3) is 3.25. The lowest BCUT2D eigenvalue weighted by Crippen LogP contribution is -2.40. The molecule has 0 aromatic heterocycles. The summed E-state index contributed by atoms with van der Waals surface area (Å²) in [5.74, 6) is -1.43. The molecule has 2 aromatic carbocycles. The van der Waals surface area contributed by atoms with Crippen molar-refractivity contribution in [1.82, 2.24) is 0 Å². The van der Waals surface area contributed by atoms with Crippen LogP contribution in [0.15, 0.2) is 30.3 Å². The zero-order valence-electron chi connectivity index (χ0n) is 15.6. The monoisotopic (exact) mass is 427 g/mol. The summed E-state index contributed by atoms with van der Waals surface area (Å²) in [6, 6.07) is 5.93. The van der Waals surface area contributed by atoms with E-state index in [2.05, 4.69) is 0 Å². The summed E-state index contributed by atoms with van der Waals surface area (Å²) >= 11 is 5.87. The van der Waals surface area contributed by atoms with Gasteiger partial charge >= 0.3 is 6.18 Å². The number of hydrogen-bond acceptors (Lipinski definition) is 2. The van der Waals surface area contributed by atoms with Crippen LogP contribution in [0.4, 0.5) is 23.2 Å². The van der Waals surface area contributed by atoms with Crippen LogP contribution in [0.3, 0.4) is 0 Å². The predicted octanol–water partition coefficient (Wildman–Crippen LogP) is 6.47. The average molecular weight is 428 g/mol. The fourth-order valence-corrected chi connectivity index (χ4v) is 4.62. The minimum atomic E-state index is -4.71. The number of rotatable bonds is 2. The zero-order valence-corrected chi connectivity index (χ0v) is 16.3. The molecule has 1 heterocycles. The average Bonchev–Trinajstić information content (AvgIpc) is 2.86. The SMILES string of the molecule is CN1C(=O)C2(CCCCC2)c2cc(Oc3c(F)cc(C(F)(F)F)cc3Cl)ccc21. The molecular formula is C21H18ClF4NO2. The number of alkyl halides is 3. The fraction of sp³-hybridized carbons (Fsp3) is 0.381. The maximum Gasteiger partial charge on any atom is 0.416 e. The van der Waals surface area contributed by atoms with Crippen LogP contribution in [0.1, 0.15) is 43.2 Å². The van der Waals surface area contributed by atoms with Gasteiger partial charge in [-0.25, -0.2) is 4.39 Å². The van der Waals surface area contributed by atoms with E-state index in [1.54, 1.807) is 30.1 Å². The standard InChI is InChI=1S/C21H18ClF4NO2/c1-27-17-6-5-13(11-14(17)20(19(27)28)7-3-2-4-8-20)29-18-15(22)9-12(10-16(18)23)21(24,25)26/h5-6,9-11H,2-4,7-8H2,1H3. The van der Waals surface area contributed by atoms with Gasteiger partial charge in [0.1, 0.15) is 5.75 Å². The first-order valence-electron chi connectivity index (χ1n) is 9.30. The van der Waals surface area contributed by atoms with Gasteiger partial charge in [-0.2, -0.15) is 13.2 Å². The molecule has 1 aliphatic carbocycles. The van der Waals surface area contributed by atoms with Crippen LogP contribution < -0.4 is 9.64 Å². The molecule has 0 atom stereocenters. The number of carbonyl (C=O) groups excluding carboxylic acids is 1. The first-order chi connectivity index (χ1) is 13.6. The second-order valence-corrected chi connectivity index (χ2v) is 7.96. The molecule has 8 heteroatoms. The van der Waals surface area contributed by atoms with Crippen molar-refractivity contribution >= 4 is 23.2 Å². The van der Waals surface area contributed by atoms with Gasteiger partial charge in [0.05, 0.1) is 16.0 Å². The first-order valence-corrected chi connectivity index (χ1v) is 9.68. The van der Waals surface area contributed by atoms with Crippen molar-refractivity contribution in [2.75, 3.05) is 11.9 Å². The van der Waals surface area contributed by atoms with Crippen molar-refractivity contribution in [3.63, 3.8) is 0 Å². The van der Waals surface area contributed by atoms with Crippen LogP contribution in [-0.4, -0.2) is 13.0 Å². The largest absolute Gasteiger partial charge is 0.453 e. The van der Waals surface area contributed by atoms with Gasteiger partial charge in [-0.1, -0.05) is 30.9 Å². The summed E-state index contributed by atoms with van der Waals surface area (Å²) in [7, 11) is 1.72. The summed E-state index contributed by atoms with van der Waals surface area (Å²) in [6.07, 6.45) is -0.331. The van der Waals surface area contributed by atoms with Gasteiger partial charge < -0.3 is 9.64 Å². The van der Waals surface area contributed by atoms with Gasteiger partial charge in [0, 0.05) is 12.7 Å². The molecule has 2 aromatic rings. The van der Waals surface area contributed by atoms with Gasteiger partial charge in [0.25, 0.3) is 0 Å². The molecular weight excluding hydrogens is 410 g/mol. The zero-order chi connectivity index (χ0) is 21.0. The van der Waals surface area contributed by atoms with Gasteiger partial charge in [-0.15, -0.1) is 0 Å². The van der Waals surface area contributed by atoms with E-state index < -0.39 is 33.7 Å². The number of amides is 1. The molecule has 1 fully saturated rings. The van der Waals surface area contributed by atoms with E-state index >= 15 is 0 Å². The van der Waals surface area contributed by atoms with Crippen LogP contribution in [0.25, 0.3) is 0 Å². The van der Waals surface area contributed by atoms with Gasteiger partial charge in [-0.05, 0) is 48.7 Å². The Hall–Kier alpha value is -2.28. The summed E-state index contributed by atoms with van der Waals surface area (Å²) < 4.78 is 58.3. The Kier molecular flexibility index (Phi) is 4.76. The molecule has 0 N–H and O–H groups in total. The number of benzene rings is 2. The van der Waals surface area contributed by atoms with Crippen molar-refractivity contribution in [2.45, 2.75) is 43.7 Å². The first kappa shape index (κ1) is 20.0. The molecule has 0 bridgehead atoms. The van der Waals surface area contributed by atoms with E-state index in [1.165, 1.54) is 0 Å². The number of fused-ring (bicyclic) bond motifs is 2. The maximum atomic E-state index is 14.3. The summed E-state index contributed by atoms with van der Waals surface area (Å²) in [5.41, 5.74) is -0.229. The molecule has 1 aliphatic heterocycles. The van der Waals surface area contributed by atoms with Crippen molar-refractivity contribution in [2.24, 2.45) is 0 Å². The molecule has 154 valence electrons. The number of anilines is 1. The van der Waals surface area contributed by atoms with E-state index in [1.807, 2.05) is 0 Å². The Labute approximate surface area is 170 Å². The summed E-state index contributed by atoms with van der Waals surface area (Å²) in [5, 5.41) is -0.474. The molecule has 1 spiro atoms. The van der Waals surface area contributed by atoms with Crippen molar-refractivity contribution in [1.29, 1.82) is 0 Å². The van der Waals surface area contributed by atoms with Crippen LogP contribution >= 0.6 is 11.6 Å². The van der Waals surface area contributed by atoms with Crippen LogP contribution in [-0.2, 0) is 16.4 Å². The molecule has 0 unspecified atom stereocenters. The molecule has 29 heavy (non-hydrogen) atoms. The second-order valence-electron chi connectivity index (χ2n) is 7.55. The quantitative estimate of drug-likeness (QED) is 0.514. The van der Waals surface area contributed by atoms with Crippen LogP contribution in [0, 0.1) is 5.82 Å². The number of nitrogens with zero attached hydrogens (tertiary/aromatic N) is 1. The lowest BCUT2D eigenvalue weighted by atomic mass is 9.70. The Balaban J connectivity index is 1.72. The second kappa shape index (κ2) is 6.90. The highest BCUT2D eigenvalue weighted by atomic mass is 35.5. The topological polar surface area (TPSA) is 29.5 Å². The third-order valence-corrected chi connectivity index (χ3v) is 6.09. The minimum absolute atomic E-state index is 0.0306. The molecule has 0 saturated heterocycles. The lowest BCUT2D eigenvalue weighted by molar-refractivity contribution is -0.137. The Morgan fingerprint density at radius 1 is 1.10 bits per heavy atom. The van der Waals surface area contributed by atoms with E-state index in [-0.39, 0.29) is 11.7 Å². The minimum Gasteiger partial charge on any atom is -0.453 e. The molecule has 1 amide bonds. The predicted molar refractivity (Wildman–Crippen MR) is 101 cm³/mol. The highest BCUT2D eigenvalue weighted by Gasteiger charge is 2.50. The summed E-state index contributed by atoms with van der Waals surface area (Å²) in [4.78, 5) is 14.6. The van der Waals surface area contributed by atoms with E-state index in [9.17, 15) is 22.4 Å². The lowest BCUT2D eigenvalue weighted by Gasteiger charge is -2.32. The van der Waals surface area contributed by atoms with E-state index in [0.717, 1.165) is 43.4 Å². The highest BCUT2D eigenvalue weighted by molar-refractivity contribution is 6.32. The third-order valence-electron chi connectivity index (χ3n) is 5.81. The Bertz CT molecular complexity index is 960. The molecule has 2 aliphatic rings. The number of hydrogen-bond donors (Lipinski definition) is 0. The maximum absolute atomic E-state index is 14.3. The Morgan fingerprint density at radius 2 is 1.79 bits per heavy atom. The smallest absolute Gasteiger partial charge is 0.416 e. The van der Waals surface area contributed by atoms with Crippen molar-refractivity contribution < 1.29 is 27.1 Å². The van der Waals surface area contributed by atoms with Crippen LogP contribution in [0.2, 0.25) is 5.02 Å². The number of halogens is 5. The molecule has 1 saturated carbocycles. The normalized spacial score (nSPS) is 18.3. The van der Waals surface area contributed by atoms with Gasteiger partial charge in [-0.3, -0.25) is 4.79 Å². The van der Waals surface area contributed by atoms with E-state index in [4.69, 9.17) is 16.3 Å². The van der Waals surface area contributed by atoms with Crippen molar-refractivity contribution in [3.8, 4) is 11.5 Å². The number of carbonyl (C=O) groups is 1.